The highest BCUT2D eigenvalue weighted by Crippen LogP contribution is 2.40. The predicted octanol–water partition coefficient (Wildman–Crippen LogP) is 2.43. The summed E-state index contributed by atoms with van der Waals surface area (Å²) in [6.07, 6.45) is 6.53. The van der Waals surface area contributed by atoms with Gasteiger partial charge < -0.3 is 10.2 Å². The summed E-state index contributed by atoms with van der Waals surface area (Å²) in [6, 6.07) is 0.362. The van der Waals surface area contributed by atoms with Gasteiger partial charge in [0.25, 0.3) is 0 Å². The molecule has 3 fully saturated rings. The van der Waals surface area contributed by atoms with E-state index in [9.17, 15) is 9.59 Å². The van der Waals surface area contributed by atoms with Crippen LogP contribution in [0, 0.1) is 29.6 Å². The molecule has 124 valence electrons. The molecule has 0 aromatic heterocycles. The van der Waals surface area contributed by atoms with E-state index in [1.54, 1.807) is 0 Å². The van der Waals surface area contributed by atoms with Gasteiger partial charge in [-0.25, -0.2) is 0 Å². The van der Waals surface area contributed by atoms with Crippen LogP contribution in [0.3, 0.4) is 0 Å². The van der Waals surface area contributed by atoms with Gasteiger partial charge in [0.1, 0.15) is 0 Å². The molecule has 0 aliphatic heterocycles. The average Bonchev–Trinajstić information content (AvgIpc) is 3.38. The van der Waals surface area contributed by atoms with Gasteiger partial charge in [-0.2, -0.15) is 0 Å². The van der Waals surface area contributed by atoms with E-state index < -0.39 is 0 Å². The molecule has 1 N–H and O–H groups in total. The fourth-order valence-corrected chi connectivity index (χ4v) is 3.91. The molecule has 0 radical (unpaired) electrons. The van der Waals surface area contributed by atoms with Crippen LogP contribution < -0.4 is 5.32 Å². The van der Waals surface area contributed by atoms with Gasteiger partial charge in [0, 0.05) is 31.5 Å². The highest BCUT2D eigenvalue weighted by molar-refractivity contribution is 5.82. The molecule has 2 amide bonds. The third-order valence-corrected chi connectivity index (χ3v) is 5.97. The molecule has 0 aromatic rings. The summed E-state index contributed by atoms with van der Waals surface area (Å²) in [7, 11) is 1.95. The Balaban J connectivity index is 1.36. The van der Waals surface area contributed by atoms with Gasteiger partial charge in [-0.1, -0.05) is 13.8 Å². The van der Waals surface area contributed by atoms with E-state index in [0.717, 1.165) is 45.1 Å². The van der Waals surface area contributed by atoms with Gasteiger partial charge >= 0.3 is 0 Å². The quantitative estimate of drug-likeness (QED) is 0.848. The van der Waals surface area contributed by atoms with Crippen molar-refractivity contribution in [2.45, 2.75) is 58.4 Å². The standard InChI is InChI=1S/C18H30N2O2/c1-11-8-15(11)17(21)19-14-6-4-13(5-7-14)10-20(3)18(22)16-9-12(16)2/h11-16H,4-10H2,1-3H3,(H,19,21). The highest BCUT2D eigenvalue weighted by Gasteiger charge is 2.41. The first-order valence-corrected chi connectivity index (χ1v) is 9.01. The second-order valence-corrected chi connectivity index (χ2v) is 8.08. The minimum absolute atomic E-state index is 0.269. The molecule has 0 bridgehead atoms. The molecule has 4 nitrogen and oxygen atoms in total. The second kappa shape index (κ2) is 6.21. The zero-order valence-corrected chi connectivity index (χ0v) is 14.2. The maximum Gasteiger partial charge on any atom is 0.225 e. The van der Waals surface area contributed by atoms with Crippen LogP contribution in [0.1, 0.15) is 52.4 Å². The maximum atomic E-state index is 12.2. The number of carbonyl (C=O) groups excluding carboxylic acids is 2. The fourth-order valence-electron chi connectivity index (χ4n) is 3.91. The Morgan fingerprint density at radius 3 is 2.05 bits per heavy atom. The Morgan fingerprint density at radius 1 is 1.00 bits per heavy atom. The van der Waals surface area contributed by atoms with Crippen molar-refractivity contribution in [2.75, 3.05) is 13.6 Å². The summed E-state index contributed by atoms with van der Waals surface area (Å²) in [4.78, 5) is 26.1. The van der Waals surface area contributed by atoms with Crippen molar-refractivity contribution < 1.29 is 9.59 Å². The molecular weight excluding hydrogens is 276 g/mol. The van der Waals surface area contributed by atoms with Gasteiger partial charge in [0.2, 0.25) is 11.8 Å². The summed E-state index contributed by atoms with van der Waals surface area (Å²) in [5, 5.41) is 3.22. The molecule has 3 saturated carbocycles. The number of carbonyl (C=O) groups is 2. The first kappa shape index (κ1) is 15.8. The predicted molar refractivity (Wildman–Crippen MR) is 86.1 cm³/mol. The SMILES string of the molecule is CC1CC1C(=O)NC1CCC(CN(C)C(=O)C2CC2C)CC1. The molecule has 3 aliphatic carbocycles. The molecule has 0 spiro atoms. The largest absolute Gasteiger partial charge is 0.353 e. The Morgan fingerprint density at radius 2 is 1.55 bits per heavy atom. The van der Waals surface area contributed by atoms with E-state index in [0.29, 0.717) is 35.6 Å². The number of rotatable bonds is 5. The molecule has 4 atom stereocenters. The maximum absolute atomic E-state index is 12.2. The lowest BCUT2D eigenvalue weighted by atomic mass is 9.85. The van der Waals surface area contributed by atoms with Crippen molar-refractivity contribution in [3.8, 4) is 0 Å². The molecule has 3 aliphatic rings. The van der Waals surface area contributed by atoms with Crippen molar-refractivity contribution in [1.82, 2.24) is 10.2 Å². The average molecular weight is 306 g/mol. The molecular formula is C18H30N2O2. The Kier molecular flexibility index (Phi) is 4.47. The third kappa shape index (κ3) is 3.64. The van der Waals surface area contributed by atoms with Crippen LogP contribution in [-0.2, 0) is 9.59 Å². The third-order valence-electron chi connectivity index (χ3n) is 5.97. The molecule has 0 heterocycles. The van der Waals surface area contributed by atoms with Crippen LogP contribution in [0.2, 0.25) is 0 Å². The van der Waals surface area contributed by atoms with Crippen molar-refractivity contribution in [3.63, 3.8) is 0 Å². The molecule has 0 aromatic carbocycles. The van der Waals surface area contributed by atoms with Gasteiger partial charge in [-0.3, -0.25) is 9.59 Å². The van der Waals surface area contributed by atoms with Crippen LogP contribution in [0.25, 0.3) is 0 Å². The van der Waals surface area contributed by atoms with Gasteiger partial charge in [-0.15, -0.1) is 0 Å². The Hall–Kier alpha value is -1.06. The Labute approximate surface area is 134 Å². The molecule has 0 saturated heterocycles. The highest BCUT2D eigenvalue weighted by atomic mass is 16.2. The molecule has 4 heteroatoms. The van der Waals surface area contributed by atoms with Gasteiger partial charge in [0.05, 0.1) is 0 Å². The Bertz CT molecular complexity index is 442. The first-order valence-electron chi connectivity index (χ1n) is 9.01. The number of hydrogen-bond acceptors (Lipinski definition) is 2. The van der Waals surface area contributed by atoms with E-state index >= 15 is 0 Å². The summed E-state index contributed by atoms with van der Waals surface area (Å²) in [6.45, 7) is 5.20. The van der Waals surface area contributed by atoms with E-state index in [-0.39, 0.29) is 11.8 Å². The van der Waals surface area contributed by atoms with Crippen molar-refractivity contribution in [2.24, 2.45) is 29.6 Å². The summed E-state index contributed by atoms with van der Waals surface area (Å²) in [5.41, 5.74) is 0. The smallest absolute Gasteiger partial charge is 0.225 e. The summed E-state index contributed by atoms with van der Waals surface area (Å²) in [5.74, 6) is 2.96. The second-order valence-electron chi connectivity index (χ2n) is 8.08. The minimum atomic E-state index is 0.269. The lowest BCUT2D eigenvalue weighted by Gasteiger charge is -2.32. The lowest BCUT2D eigenvalue weighted by Crippen LogP contribution is -2.41. The number of hydrogen-bond donors (Lipinski definition) is 1. The van der Waals surface area contributed by atoms with Crippen LogP contribution in [-0.4, -0.2) is 36.3 Å². The topological polar surface area (TPSA) is 49.4 Å². The van der Waals surface area contributed by atoms with Crippen LogP contribution in [0.4, 0.5) is 0 Å². The zero-order chi connectivity index (χ0) is 15.9. The van der Waals surface area contributed by atoms with E-state index in [1.807, 2.05) is 11.9 Å². The van der Waals surface area contributed by atoms with E-state index in [4.69, 9.17) is 0 Å². The van der Waals surface area contributed by atoms with Crippen LogP contribution in [0.5, 0.6) is 0 Å². The minimum Gasteiger partial charge on any atom is -0.353 e. The van der Waals surface area contributed by atoms with Gasteiger partial charge in [-0.05, 0) is 56.3 Å². The normalized spacial score (nSPS) is 40.0. The van der Waals surface area contributed by atoms with Crippen LogP contribution in [0.15, 0.2) is 0 Å². The monoisotopic (exact) mass is 306 g/mol. The number of nitrogens with one attached hydrogen (secondary N) is 1. The van der Waals surface area contributed by atoms with Crippen molar-refractivity contribution in [3.05, 3.63) is 0 Å². The number of nitrogens with zero attached hydrogens (tertiary/aromatic N) is 1. The number of amides is 2. The zero-order valence-electron chi connectivity index (χ0n) is 14.2. The summed E-state index contributed by atoms with van der Waals surface area (Å²) >= 11 is 0. The molecule has 22 heavy (non-hydrogen) atoms. The van der Waals surface area contributed by atoms with Crippen molar-refractivity contribution >= 4 is 11.8 Å². The van der Waals surface area contributed by atoms with Gasteiger partial charge in [0.15, 0.2) is 0 Å². The van der Waals surface area contributed by atoms with Crippen molar-refractivity contribution in [1.29, 1.82) is 0 Å². The van der Waals surface area contributed by atoms with E-state index in [1.165, 1.54) is 0 Å². The van der Waals surface area contributed by atoms with E-state index in [2.05, 4.69) is 19.2 Å². The first-order chi connectivity index (χ1) is 10.5. The lowest BCUT2D eigenvalue weighted by molar-refractivity contribution is -0.132. The molecule has 3 rings (SSSR count). The molecule has 4 unspecified atom stereocenters. The fraction of sp³-hybridized carbons (Fsp3) is 0.889. The summed E-state index contributed by atoms with van der Waals surface area (Å²) < 4.78 is 0. The van der Waals surface area contributed by atoms with Crippen LogP contribution >= 0.6 is 0 Å².